The zero-order valence-corrected chi connectivity index (χ0v) is 11.3. The smallest absolute Gasteiger partial charge is 0.123 e. The highest BCUT2D eigenvalue weighted by molar-refractivity contribution is 9.10. The molecule has 1 aliphatic rings. The largest absolute Gasteiger partial charge is 0.295 e. The van der Waals surface area contributed by atoms with Crippen LogP contribution >= 0.6 is 15.9 Å². The first kappa shape index (κ1) is 11.6. The van der Waals surface area contributed by atoms with E-state index >= 15 is 0 Å². The average molecular weight is 302 g/mol. The summed E-state index contributed by atoms with van der Waals surface area (Å²) in [5, 5.41) is 13.7. The number of hydrogen-bond donors (Lipinski definition) is 1. The molecule has 1 aromatic carbocycles. The van der Waals surface area contributed by atoms with Crippen LogP contribution in [0, 0.1) is 11.3 Å². The lowest BCUT2D eigenvalue weighted by Crippen LogP contribution is -2.22. The predicted octanol–water partition coefficient (Wildman–Crippen LogP) is 3.31. The minimum atomic E-state index is -0.275. The summed E-state index contributed by atoms with van der Waals surface area (Å²) in [5.41, 5.74) is 1.86. The van der Waals surface area contributed by atoms with Gasteiger partial charge in [-0.2, -0.15) is 5.26 Å². The van der Waals surface area contributed by atoms with E-state index in [2.05, 4.69) is 32.3 Å². The van der Waals surface area contributed by atoms with Crippen LogP contribution in [0.2, 0.25) is 0 Å². The molecule has 0 spiro atoms. The molecule has 1 aromatic heterocycles. The topological polar surface area (TPSA) is 48.7 Å². The summed E-state index contributed by atoms with van der Waals surface area (Å²) in [4.78, 5) is 4.42. The molecule has 0 aliphatic heterocycles. The maximum Gasteiger partial charge on any atom is 0.123 e. The van der Waals surface area contributed by atoms with Crippen molar-refractivity contribution in [2.24, 2.45) is 0 Å². The predicted molar refractivity (Wildman–Crippen MR) is 74.0 cm³/mol. The minimum absolute atomic E-state index is 0.275. The molecule has 18 heavy (non-hydrogen) atoms. The highest BCUT2D eigenvalue weighted by Gasteiger charge is 2.26. The zero-order chi connectivity index (χ0) is 12.5. The van der Waals surface area contributed by atoms with Crippen LogP contribution in [0.1, 0.15) is 24.4 Å². The second-order valence-corrected chi connectivity index (χ2v) is 5.39. The first-order valence-electron chi connectivity index (χ1n) is 5.98. The van der Waals surface area contributed by atoms with E-state index < -0.39 is 0 Å². The Hall–Kier alpha value is -1.44. The highest BCUT2D eigenvalue weighted by atomic mass is 79.9. The minimum Gasteiger partial charge on any atom is -0.295 e. The van der Waals surface area contributed by atoms with Crippen LogP contribution in [0.15, 0.2) is 34.9 Å². The molecule has 1 fully saturated rings. The van der Waals surface area contributed by atoms with E-state index in [1.54, 1.807) is 6.20 Å². The van der Waals surface area contributed by atoms with E-state index in [1.807, 2.05) is 24.3 Å². The Balaban J connectivity index is 2.10. The molecule has 0 saturated heterocycles. The van der Waals surface area contributed by atoms with Crippen LogP contribution in [0.25, 0.3) is 10.9 Å². The van der Waals surface area contributed by atoms with Gasteiger partial charge in [0, 0.05) is 27.7 Å². The van der Waals surface area contributed by atoms with Crippen LogP contribution in [0.4, 0.5) is 0 Å². The van der Waals surface area contributed by atoms with Crippen molar-refractivity contribution in [3.05, 3.63) is 40.5 Å². The molecule has 1 aliphatic carbocycles. The summed E-state index contributed by atoms with van der Waals surface area (Å²) >= 11 is 3.52. The van der Waals surface area contributed by atoms with Gasteiger partial charge in [0.25, 0.3) is 0 Å². The standard InChI is InChI=1S/C14H12BrN3/c15-12-6-5-11(13(8-16)18-9-3-4-9)14-10(12)2-1-7-17-14/h1-2,5-7,9,13,18H,3-4H2. The summed E-state index contributed by atoms with van der Waals surface area (Å²) in [7, 11) is 0. The SMILES string of the molecule is N#CC(NC1CC1)c1ccc(Br)c2cccnc12. The van der Waals surface area contributed by atoms with Gasteiger partial charge in [-0.25, -0.2) is 0 Å². The molecule has 2 aromatic rings. The number of benzene rings is 1. The molecule has 3 rings (SSSR count). The van der Waals surface area contributed by atoms with E-state index in [0.717, 1.165) is 20.9 Å². The van der Waals surface area contributed by atoms with Crippen LogP contribution in [0.3, 0.4) is 0 Å². The summed E-state index contributed by atoms with van der Waals surface area (Å²) in [6, 6.07) is 10.4. The molecule has 1 saturated carbocycles. The van der Waals surface area contributed by atoms with Crippen LogP contribution in [-0.2, 0) is 0 Å². The quantitative estimate of drug-likeness (QED) is 0.946. The number of aromatic nitrogens is 1. The van der Waals surface area contributed by atoms with E-state index in [9.17, 15) is 5.26 Å². The van der Waals surface area contributed by atoms with Crippen molar-refractivity contribution in [3.63, 3.8) is 0 Å². The summed E-state index contributed by atoms with van der Waals surface area (Å²) in [6.45, 7) is 0. The van der Waals surface area contributed by atoms with Crippen molar-refractivity contribution in [1.29, 1.82) is 5.26 Å². The molecule has 1 heterocycles. The molecule has 3 nitrogen and oxygen atoms in total. The number of nitrogens with one attached hydrogen (secondary N) is 1. The van der Waals surface area contributed by atoms with Gasteiger partial charge in [-0.05, 0) is 25.0 Å². The van der Waals surface area contributed by atoms with Crippen LogP contribution in [-0.4, -0.2) is 11.0 Å². The Morgan fingerprint density at radius 1 is 1.39 bits per heavy atom. The van der Waals surface area contributed by atoms with E-state index in [0.29, 0.717) is 6.04 Å². The Bertz CT molecular complexity index is 628. The lowest BCUT2D eigenvalue weighted by Gasteiger charge is -2.13. The van der Waals surface area contributed by atoms with Gasteiger partial charge in [0.05, 0.1) is 11.6 Å². The lowest BCUT2D eigenvalue weighted by molar-refractivity contribution is 0.628. The third-order valence-electron chi connectivity index (χ3n) is 3.17. The third kappa shape index (κ3) is 2.12. The Kier molecular flexibility index (Phi) is 3.02. The van der Waals surface area contributed by atoms with Crippen molar-refractivity contribution >= 4 is 26.8 Å². The molecule has 1 unspecified atom stereocenters. The molecule has 4 heteroatoms. The zero-order valence-electron chi connectivity index (χ0n) is 9.73. The van der Waals surface area contributed by atoms with Gasteiger partial charge in [0.2, 0.25) is 0 Å². The van der Waals surface area contributed by atoms with Crippen molar-refractivity contribution in [3.8, 4) is 6.07 Å². The maximum absolute atomic E-state index is 9.33. The fourth-order valence-electron chi connectivity index (χ4n) is 2.07. The summed E-state index contributed by atoms with van der Waals surface area (Å²) < 4.78 is 1.01. The van der Waals surface area contributed by atoms with Crippen molar-refractivity contribution in [2.75, 3.05) is 0 Å². The van der Waals surface area contributed by atoms with Gasteiger partial charge in [-0.15, -0.1) is 0 Å². The molecule has 0 bridgehead atoms. The fourth-order valence-corrected chi connectivity index (χ4v) is 2.53. The fraction of sp³-hybridized carbons (Fsp3) is 0.286. The molecule has 1 atom stereocenters. The Morgan fingerprint density at radius 2 is 2.22 bits per heavy atom. The number of nitriles is 1. The van der Waals surface area contributed by atoms with E-state index in [-0.39, 0.29) is 6.04 Å². The lowest BCUT2D eigenvalue weighted by atomic mass is 10.0. The van der Waals surface area contributed by atoms with Gasteiger partial charge in [0.1, 0.15) is 6.04 Å². The first-order valence-corrected chi connectivity index (χ1v) is 6.77. The second-order valence-electron chi connectivity index (χ2n) is 4.54. The number of hydrogen-bond acceptors (Lipinski definition) is 3. The molecular formula is C14H12BrN3. The molecule has 0 amide bonds. The molecule has 0 radical (unpaired) electrons. The first-order chi connectivity index (χ1) is 8.79. The van der Waals surface area contributed by atoms with Gasteiger partial charge in [0.15, 0.2) is 0 Å². The number of fused-ring (bicyclic) bond motifs is 1. The van der Waals surface area contributed by atoms with Crippen molar-refractivity contribution in [1.82, 2.24) is 10.3 Å². The van der Waals surface area contributed by atoms with Gasteiger partial charge < -0.3 is 0 Å². The average Bonchev–Trinajstić information content (AvgIpc) is 3.21. The Labute approximate surface area is 114 Å². The molecular weight excluding hydrogens is 290 g/mol. The summed E-state index contributed by atoms with van der Waals surface area (Å²) in [6.07, 6.45) is 4.10. The number of halogens is 1. The van der Waals surface area contributed by atoms with E-state index in [1.165, 1.54) is 12.8 Å². The van der Waals surface area contributed by atoms with Crippen LogP contribution in [0.5, 0.6) is 0 Å². The van der Waals surface area contributed by atoms with Crippen molar-refractivity contribution < 1.29 is 0 Å². The number of rotatable bonds is 3. The van der Waals surface area contributed by atoms with E-state index in [4.69, 9.17) is 0 Å². The van der Waals surface area contributed by atoms with Gasteiger partial charge >= 0.3 is 0 Å². The molecule has 90 valence electrons. The van der Waals surface area contributed by atoms with Crippen molar-refractivity contribution in [2.45, 2.75) is 24.9 Å². The third-order valence-corrected chi connectivity index (χ3v) is 3.86. The van der Waals surface area contributed by atoms with Gasteiger partial charge in [-0.3, -0.25) is 10.3 Å². The summed E-state index contributed by atoms with van der Waals surface area (Å²) in [5.74, 6) is 0. The normalized spacial score (nSPS) is 16.4. The Morgan fingerprint density at radius 3 is 2.94 bits per heavy atom. The molecule has 1 N–H and O–H groups in total. The monoisotopic (exact) mass is 301 g/mol. The second kappa shape index (κ2) is 4.68. The van der Waals surface area contributed by atoms with Gasteiger partial charge in [-0.1, -0.05) is 28.1 Å². The number of pyridine rings is 1. The van der Waals surface area contributed by atoms with Crippen LogP contribution < -0.4 is 5.32 Å². The maximum atomic E-state index is 9.33. The highest BCUT2D eigenvalue weighted by Crippen LogP contribution is 2.30. The number of nitrogens with zero attached hydrogens (tertiary/aromatic N) is 2.